The van der Waals surface area contributed by atoms with Gasteiger partial charge >= 0.3 is 5.97 Å². The van der Waals surface area contributed by atoms with Gasteiger partial charge in [0.05, 0.1) is 22.9 Å². The van der Waals surface area contributed by atoms with E-state index in [9.17, 15) is 4.79 Å². The SMILES string of the molecule is CCOC(=O)c1oc(-c2cc(Br)ccc2Cl)nc1CC. The minimum absolute atomic E-state index is 0.139. The van der Waals surface area contributed by atoms with E-state index >= 15 is 0 Å². The van der Waals surface area contributed by atoms with E-state index in [1.54, 1.807) is 19.1 Å². The highest BCUT2D eigenvalue weighted by Gasteiger charge is 2.22. The number of oxazole rings is 1. The molecular formula is C14H13BrClNO3. The molecule has 2 rings (SSSR count). The number of halogens is 2. The maximum absolute atomic E-state index is 11.8. The second kappa shape index (κ2) is 6.41. The Balaban J connectivity index is 2.48. The molecule has 0 fully saturated rings. The summed E-state index contributed by atoms with van der Waals surface area (Å²) in [7, 11) is 0. The Morgan fingerprint density at radius 3 is 2.85 bits per heavy atom. The predicted octanol–water partition coefficient (Wildman–Crippen LogP) is 4.50. The third-order valence-electron chi connectivity index (χ3n) is 2.65. The van der Waals surface area contributed by atoms with Crippen LogP contribution >= 0.6 is 27.5 Å². The van der Waals surface area contributed by atoms with Gasteiger partial charge in [0, 0.05) is 4.47 Å². The van der Waals surface area contributed by atoms with Crippen LogP contribution in [-0.4, -0.2) is 17.6 Å². The zero-order valence-electron chi connectivity index (χ0n) is 11.1. The van der Waals surface area contributed by atoms with Gasteiger partial charge in [-0.1, -0.05) is 34.5 Å². The van der Waals surface area contributed by atoms with Gasteiger partial charge in [-0.05, 0) is 31.5 Å². The molecule has 0 bridgehead atoms. The molecule has 0 aliphatic rings. The number of hydrogen-bond acceptors (Lipinski definition) is 4. The van der Waals surface area contributed by atoms with Crippen molar-refractivity contribution in [2.75, 3.05) is 6.61 Å². The minimum atomic E-state index is -0.505. The van der Waals surface area contributed by atoms with E-state index in [2.05, 4.69) is 20.9 Å². The van der Waals surface area contributed by atoms with Crippen molar-refractivity contribution in [1.29, 1.82) is 0 Å². The number of hydrogen-bond donors (Lipinski definition) is 0. The van der Waals surface area contributed by atoms with E-state index in [0.717, 1.165) is 4.47 Å². The zero-order valence-corrected chi connectivity index (χ0v) is 13.4. The summed E-state index contributed by atoms with van der Waals surface area (Å²) in [4.78, 5) is 16.2. The molecule has 106 valence electrons. The molecule has 6 heteroatoms. The van der Waals surface area contributed by atoms with E-state index in [-0.39, 0.29) is 12.4 Å². The highest BCUT2D eigenvalue weighted by atomic mass is 79.9. The summed E-state index contributed by atoms with van der Waals surface area (Å²) < 4.78 is 11.4. The Bertz CT molecular complexity index is 639. The van der Waals surface area contributed by atoms with Crippen LogP contribution in [0.3, 0.4) is 0 Å². The smallest absolute Gasteiger partial charge is 0.376 e. The average molecular weight is 359 g/mol. The number of ether oxygens (including phenoxy) is 1. The summed E-state index contributed by atoms with van der Waals surface area (Å²) in [6.07, 6.45) is 0.573. The van der Waals surface area contributed by atoms with E-state index in [1.807, 2.05) is 13.0 Å². The fraction of sp³-hybridized carbons (Fsp3) is 0.286. The fourth-order valence-electron chi connectivity index (χ4n) is 1.72. The summed E-state index contributed by atoms with van der Waals surface area (Å²) in [6.45, 7) is 3.93. The van der Waals surface area contributed by atoms with Crippen molar-refractivity contribution >= 4 is 33.5 Å². The topological polar surface area (TPSA) is 52.3 Å². The minimum Gasteiger partial charge on any atom is -0.460 e. The van der Waals surface area contributed by atoms with Gasteiger partial charge in [0.2, 0.25) is 11.7 Å². The number of esters is 1. The lowest BCUT2D eigenvalue weighted by Gasteiger charge is -2.00. The van der Waals surface area contributed by atoms with E-state index < -0.39 is 5.97 Å². The molecule has 4 nitrogen and oxygen atoms in total. The molecule has 0 aliphatic carbocycles. The number of nitrogens with zero attached hydrogens (tertiary/aromatic N) is 1. The standard InChI is InChI=1S/C14H13BrClNO3/c1-3-11-12(14(18)19-4-2)20-13(17-11)9-7-8(15)5-6-10(9)16/h5-7H,3-4H2,1-2H3. The first-order valence-electron chi connectivity index (χ1n) is 6.19. The maximum Gasteiger partial charge on any atom is 0.376 e. The predicted molar refractivity (Wildman–Crippen MR) is 80.0 cm³/mol. The summed E-state index contributed by atoms with van der Waals surface area (Å²) in [5, 5.41) is 0.507. The molecule has 0 atom stereocenters. The van der Waals surface area contributed by atoms with Crippen molar-refractivity contribution in [3.8, 4) is 11.5 Å². The van der Waals surface area contributed by atoms with Gasteiger partial charge < -0.3 is 9.15 Å². The van der Waals surface area contributed by atoms with Crippen LogP contribution in [0.4, 0.5) is 0 Å². The van der Waals surface area contributed by atoms with Gasteiger partial charge in [0.1, 0.15) is 0 Å². The third-order valence-corrected chi connectivity index (χ3v) is 3.47. The number of carbonyl (C=O) groups is 1. The van der Waals surface area contributed by atoms with Crippen molar-refractivity contribution in [2.24, 2.45) is 0 Å². The Hall–Kier alpha value is -1.33. The zero-order chi connectivity index (χ0) is 14.7. The molecule has 0 N–H and O–H groups in total. The van der Waals surface area contributed by atoms with E-state index in [1.165, 1.54) is 0 Å². The summed E-state index contributed by atoms with van der Waals surface area (Å²) in [5.74, 6) is -0.0502. The van der Waals surface area contributed by atoms with Gasteiger partial charge in [-0.3, -0.25) is 0 Å². The first-order chi connectivity index (χ1) is 9.56. The maximum atomic E-state index is 11.8. The van der Waals surface area contributed by atoms with Crippen molar-refractivity contribution in [1.82, 2.24) is 4.98 Å². The quantitative estimate of drug-likeness (QED) is 0.755. The molecule has 0 unspecified atom stereocenters. The second-order valence-corrected chi connectivity index (χ2v) is 5.32. The Labute approximate surface area is 130 Å². The van der Waals surface area contributed by atoms with Crippen LogP contribution in [0.15, 0.2) is 27.1 Å². The molecule has 0 aliphatic heterocycles. The Kier molecular flexibility index (Phi) is 4.83. The van der Waals surface area contributed by atoms with Crippen LogP contribution in [0.1, 0.15) is 30.1 Å². The van der Waals surface area contributed by atoms with Crippen LogP contribution in [0.5, 0.6) is 0 Å². The van der Waals surface area contributed by atoms with Gasteiger partial charge in [0.15, 0.2) is 0 Å². The molecule has 1 heterocycles. The first-order valence-corrected chi connectivity index (χ1v) is 7.36. The Morgan fingerprint density at radius 1 is 1.45 bits per heavy atom. The highest BCUT2D eigenvalue weighted by molar-refractivity contribution is 9.10. The van der Waals surface area contributed by atoms with Crippen LogP contribution < -0.4 is 0 Å². The van der Waals surface area contributed by atoms with Crippen LogP contribution in [0, 0.1) is 0 Å². The van der Waals surface area contributed by atoms with Crippen LogP contribution in [0.2, 0.25) is 5.02 Å². The summed E-state index contributed by atoms with van der Waals surface area (Å²) in [6, 6.07) is 5.35. The van der Waals surface area contributed by atoms with Crippen molar-refractivity contribution < 1.29 is 13.9 Å². The van der Waals surface area contributed by atoms with Crippen LogP contribution in [-0.2, 0) is 11.2 Å². The van der Waals surface area contributed by atoms with Gasteiger partial charge in [-0.2, -0.15) is 0 Å². The van der Waals surface area contributed by atoms with Gasteiger partial charge in [-0.15, -0.1) is 0 Å². The lowest BCUT2D eigenvalue weighted by molar-refractivity contribution is 0.0489. The van der Waals surface area contributed by atoms with Crippen molar-refractivity contribution in [3.05, 3.63) is 39.1 Å². The van der Waals surface area contributed by atoms with Crippen molar-refractivity contribution in [3.63, 3.8) is 0 Å². The number of carbonyl (C=O) groups excluding carboxylic acids is 1. The molecule has 20 heavy (non-hydrogen) atoms. The summed E-state index contributed by atoms with van der Waals surface area (Å²) >= 11 is 9.51. The monoisotopic (exact) mass is 357 g/mol. The fourth-order valence-corrected chi connectivity index (χ4v) is 2.28. The van der Waals surface area contributed by atoms with Crippen LogP contribution in [0.25, 0.3) is 11.5 Å². The molecule has 0 saturated carbocycles. The van der Waals surface area contributed by atoms with E-state index in [0.29, 0.717) is 28.6 Å². The second-order valence-electron chi connectivity index (χ2n) is 3.99. The molecule has 2 aromatic rings. The number of benzene rings is 1. The normalized spacial score (nSPS) is 10.6. The number of aromatic nitrogens is 1. The molecule has 1 aromatic carbocycles. The lowest BCUT2D eigenvalue weighted by Crippen LogP contribution is -2.05. The first kappa shape index (κ1) is 15.1. The van der Waals surface area contributed by atoms with Crippen molar-refractivity contribution in [2.45, 2.75) is 20.3 Å². The van der Waals surface area contributed by atoms with Gasteiger partial charge in [0.25, 0.3) is 0 Å². The highest BCUT2D eigenvalue weighted by Crippen LogP contribution is 2.31. The molecular weight excluding hydrogens is 346 g/mol. The number of aryl methyl sites for hydroxylation is 1. The largest absolute Gasteiger partial charge is 0.460 e. The molecule has 0 amide bonds. The van der Waals surface area contributed by atoms with Gasteiger partial charge in [-0.25, -0.2) is 9.78 Å². The summed E-state index contributed by atoms with van der Waals surface area (Å²) in [5.41, 5.74) is 1.20. The molecule has 1 aromatic heterocycles. The molecule has 0 spiro atoms. The van der Waals surface area contributed by atoms with E-state index in [4.69, 9.17) is 20.8 Å². The lowest BCUT2D eigenvalue weighted by atomic mass is 10.2. The average Bonchev–Trinajstić information content (AvgIpc) is 2.86. The number of rotatable bonds is 4. The third kappa shape index (κ3) is 3.04. The molecule has 0 radical (unpaired) electrons. The molecule has 0 saturated heterocycles. The Morgan fingerprint density at radius 2 is 2.20 bits per heavy atom.